The predicted molar refractivity (Wildman–Crippen MR) is 278 cm³/mol. The zero-order chi connectivity index (χ0) is 48.2. The van der Waals surface area contributed by atoms with E-state index in [-0.39, 0.29) is 11.6 Å². The number of aromatic nitrogens is 6. The van der Waals surface area contributed by atoms with Crippen molar-refractivity contribution in [2.45, 2.75) is 51.4 Å². The average Bonchev–Trinajstić information content (AvgIpc) is 3.99. The van der Waals surface area contributed by atoms with Gasteiger partial charge in [0.15, 0.2) is 11.6 Å². The van der Waals surface area contributed by atoms with E-state index >= 15 is 0 Å². The molecule has 362 valence electrons. The number of halogens is 2. The van der Waals surface area contributed by atoms with Crippen molar-refractivity contribution in [3.8, 4) is 45.9 Å². The lowest BCUT2D eigenvalue weighted by Gasteiger charge is -2.32. The van der Waals surface area contributed by atoms with Crippen molar-refractivity contribution in [1.82, 2.24) is 38.9 Å². The van der Waals surface area contributed by atoms with E-state index < -0.39 is 0 Å². The monoisotopic (exact) mass is 950 g/mol. The summed E-state index contributed by atoms with van der Waals surface area (Å²) in [5.41, 5.74) is 7.65. The number of nitrogens with zero attached hydrogens (tertiary/aromatic N) is 8. The van der Waals surface area contributed by atoms with Gasteiger partial charge in [-0.25, -0.2) is 18.7 Å². The molecule has 0 aliphatic carbocycles. The van der Waals surface area contributed by atoms with Gasteiger partial charge in [0.05, 0.1) is 35.3 Å². The second-order valence-electron chi connectivity index (χ2n) is 18.5. The summed E-state index contributed by atoms with van der Waals surface area (Å²) in [6, 6.07) is 47.6. The summed E-state index contributed by atoms with van der Waals surface area (Å²) in [6.45, 7) is 8.36. The Morgan fingerprint density at radius 2 is 0.972 bits per heavy atom. The van der Waals surface area contributed by atoms with Gasteiger partial charge in [-0.3, -0.25) is 19.1 Å². The van der Waals surface area contributed by atoms with E-state index in [1.807, 2.05) is 94.1 Å². The molecule has 6 heterocycles. The number of imidazole rings is 2. The smallest absolute Gasteiger partial charge is 0.164 e. The third kappa shape index (κ3) is 12.0. The molecule has 2 saturated heterocycles. The fourth-order valence-electron chi connectivity index (χ4n) is 9.85. The van der Waals surface area contributed by atoms with Gasteiger partial charge >= 0.3 is 0 Å². The normalized spacial score (nSPS) is 14.6. The van der Waals surface area contributed by atoms with Gasteiger partial charge in [-0.2, -0.15) is 0 Å². The van der Waals surface area contributed by atoms with Gasteiger partial charge in [-0.1, -0.05) is 48.9 Å². The van der Waals surface area contributed by atoms with E-state index in [0.717, 1.165) is 77.1 Å². The van der Waals surface area contributed by atoms with Crippen LogP contribution in [0.15, 0.2) is 164 Å². The fraction of sp³-hybridized carbons (Fsp3) is 0.288. The van der Waals surface area contributed by atoms with Crippen LogP contribution in [0.3, 0.4) is 0 Å². The maximum Gasteiger partial charge on any atom is 0.164 e. The molecular weight excluding hydrogens is 891 g/mol. The number of benzene rings is 5. The van der Waals surface area contributed by atoms with Gasteiger partial charge in [0, 0.05) is 49.0 Å². The summed E-state index contributed by atoms with van der Waals surface area (Å²) in [5.74, 6) is 3.24. The molecule has 10 nitrogen and oxygen atoms in total. The van der Waals surface area contributed by atoms with E-state index in [2.05, 4.69) is 55.1 Å². The first-order chi connectivity index (χ1) is 35.0. The van der Waals surface area contributed by atoms with Crippen molar-refractivity contribution in [1.29, 1.82) is 0 Å². The largest absolute Gasteiger partial charge is 0.494 e. The van der Waals surface area contributed by atoms with E-state index in [0.29, 0.717) is 35.9 Å². The van der Waals surface area contributed by atoms with Crippen LogP contribution in [0.4, 0.5) is 8.78 Å². The molecule has 0 amide bonds. The molecule has 2 fully saturated rings. The summed E-state index contributed by atoms with van der Waals surface area (Å²) in [4.78, 5) is 23.4. The molecule has 0 spiro atoms. The first kappa shape index (κ1) is 47.4. The fourth-order valence-corrected chi connectivity index (χ4v) is 9.85. The Balaban J connectivity index is 0.000000167. The number of hydrogen-bond acceptors (Lipinski definition) is 8. The molecule has 4 aromatic heterocycles. The van der Waals surface area contributed by atoms with Crippen molar-refractivity contribution in [2.24, 2.45) is 5.92 Å². The number of likely N-dealkylation sites (tertiary alicyclic amines) is 2. The number of ether oxygens (including phenoxy) is 2. The highest BCUT2D eigenvalue weighted by Gasteiger charge is 2.21. The molecule has 0 unspecified atom stereocenters. The molecule has 2 aliphatic rings. The molecule has 71 heavy (non-hydrogen) atoms. The number of pyridine rings is 2. The van der Waals surface area contributed by atoms with Crippen LogP contribution >= 0.6 is 0 Å². The van der Waals surface area contributed by atoms with Gasteiger partial charge < -0.3 is 19.3 Å². The Bertz CT molecular complexity index is 3080. The quantitative estimate of drug-likeness (QED) is 0.0886. The van der Waals surface area contributed by atoms with Crippen LogP contribution < -0.4 is 9.47 Å². The van der Waals surface area contributed by atoms with Crippen LogP contribution in [-0.2, 0) is 6.42 Å². The van der Waals surface area contributed by atoms with E-state index in [1.165, 1.54) is 94.5 Å². The summed E-state index contributed by atoms with van der Waals surface area (Å²) >= 11 is 0. The van der Waals surface area contributed by atoms with Crippen LogP contribution in [0, 0.1) is 17.6 Å². The maximum atomic E-state index is 13.9. The van der Waals surface area contributed by atoms with Crippen LogP contribution in [0.25, 0.3) is 56.5 Å². The Hall–Kier alpha value is -7.28. The maximum absolute atomic E-state index is 13.9. The number of piperidine rings is 2. The number of fused-ring (bicyclic) bond motifs is 2. The molecule has 0 radical (unpaired) electrons. The summed E-state index contributed by atoms with van der Waals surface area (Å²) < 4.78 is 43.8. The summed E-state index contributed by atoms with van der Waals surface area (Å²) in [7, 11) is 0. The predicted octanol–water partition coefficient (Wildman–Crippen LogP) is 12.4. The molecule has 0 atom stereocenters. The Morgan fingerprint density at radius 1 is 0.493 bits per heavy atom. The second kappa shape index (κ2) is 23.1. The molecule has 5 aromatic carbocycles. The molecule has 11 rings (SSSR count). The van der Waals surface area contributed by atoms with E-state index in [9.17, 15) is 8.78 Å². The Kier molecular flexibility index (Phi) is 15.4. The first-order valence-corrected chi connectivity index (χ1v) is 25.1. The highest BCUT2D eigenvalue weighted by molar-refractivity contribution is 5.84. The van der Waals surface area contributed by atoms with Crippen molar-refractivity contribution >= 4 is 22.1 Å². The van der Waals surface area contributed by atoms with E-state index in [4.69, 9.17) is 14.5 Å². The molecule has 0 bridgehead atoms. The van der Waals surface area contributed by atoms with Crippen molar-refractivity contribution < 1.29 is 18.3 Å². The lowest BCUT2D eigenvalue weighted by molar-refractivity contribution is 0.170. The van der Waals surface area contributed by atoms with Crippen LogP contribution in [0.5, 0.6) is 11.5 Å². The van der Waals surface area contributed by atoms with Crippen LogP contribution in [-0.4, -0.2) is 91.4 Å². The zero-order valence-corrected chi connectivity index (χ0v) is 40.1. The minimum Gasteiger partial charge on any atom is -0.494 e. The molecule has 2 aliphatic heterocycles. The van der Waals surface area contributed by atoms with Crippen molar-refractivity contribution in [3.63, 3.8) is 0 Å². The highest BCUT2D eigenvalue weighted by atomic mass is 19.1. The average molecular weight is 951 g/mol. The van der Waals surface area contributed by atoms with Gasteiger partial charge in [-0.05, 0) is 180 Å². The topological polar surface area (TPSA) is 86.4 Å². The Labute approximate surface area is 414 Å². The standard InChI is InChI=1S/C33H33FN4O.C26H27FN4O/c34-27-10-15-32-31(24-27)36-33(30-9-4-5-18-35-30)38(32)28-11-13-29(14-12-28)39-22-6-19-37-20-16-26(17-21-37)23-25-7-2-1-3-8-25;27-20-8-13-25-24(19-20)29-26(23-7-2-3-14-28-23)31(25)21-9-11-22(12-10-21)32-18-6-17-30-15-4-1-5-16-30/h1-5,7-15,18,24,26H,6,16-17,19-23H2;2-3,7-14,19H,1,4-6,15-18H2. The van der Waals surface area contributed by atoms with Crippen LogP contribution in [0.1, 0.15) is 50.5 Å². The number of hydrogen-bond donors (Lipinski definition) is 0. The Morgan fingerprint density at radius 3 is 1.45 bits per heavy atom. The molecule has 9 aromatic rings. The summed E-state index contributed by atoms with van der Waals surface area (Å²) in [6.07, 6.45) is 13.3. The van der Waals surface area contributed by atoms with Gasteiger partial charge in [-0.15, -0.1) is 0 Å². The lowest BCUT2D eigenvalue weighted by Crippen LogP contribution is -2.35. The SMILES string of the molecule is Fc1ccc2c(c1)nc(-c1ccccn1)n2-c1ccc(OCCCN2CCC(Cc3ccccc3)CC2)cc1.Fc1ccc2c(c1)nc(-c1ccccn1)n2-c1ccc(OCCCN2CCCCC2)cc1. The van der Waals surface area contributed by atoms with Gasteiger partial charge in [0.2, 0.25) is 0 Å². The van der Waals surface area contributed by atoms with Gasteiger partial charge in [0.1, 0.15) is 34.5 Å². The molecular formula is C59H60F2N8O2. The molecule has 0 saturated carbocycles. The lowest BCUT2D eigenvalue weighted by atomic mass is 9.90. The third-order valence-electron chi connectivity index (χ3n) is 13.5. The molecule has 12 heteroatoms. The van der Waals surface area contributed by atoms with Gasteiger partial charge in [0.25, 0.3) is 0 Å². The van der Waals surface area contributed by atoms with Crippen molar-refractivity contribution in [2.75, 3.05) is 52.5 Å². The number of rotatable bonds is 16. The van der Waals surface area contributed by atoms with Crippen LogP contribution in [0.2, 0.25) is 0 Å². The van der Waals surface area contributed by atoms with Crippen molar-refractivity contribution in [3.05, 3.63) is 181 Å². The minimum absolute atomic E-state index is 0.303. The zero-order valence-electron chi connectivity index (χ0n) is 40.1. The van der Waals surface area contributed by atoms with E-state index in [1.54, 1.807) is 24.5 Å². The third-order valence-corrected chi connectivity index (χ3v) is 13.5. The summed E-state index contributed by atoms with van der Waals surface area (Å²) in [5, 5.41) is 0. The first-order valence-electron chi connectivity index (χ1n) is 25.1. The minimum atomic E-state index is -0.306. The second-order valence-corrected chi connectivity index (χ2v) is 18.5. The molecule has 0 N–H and O–H groups in total. The highest BCUT2D eigenvalue weighted by Crippen LogP contribution is 2.31.